The van der Waals surface area contributed by atoms with Crippen molar-refractivity contribution >= 4 is 5.78 Å². The van der Waals surface area contributed by atoms with Gasteiger partial charge in [-0.1, -0.05) is 53.4 Å². The predicted molar refractivity (Wildman–Crippen MR) is 73.3 cm³/mol. The minimum atomic E-state index is -0.528. The third-order valence-corrected chi connectivity index (χ3v) is 4.06. The molecule has 0 saturated carbocycles. The van der Waals surface area contributed by atoms with Gasteiger partial charge in [0.2, 0.25) is 0 Å². The second-order valence-corrected chi connectivity index (χ2v) is 4.95. The van der Waals surface area contributed by atoms with Crippen molar-refractivity contribution in [1.82, 2.24) is 0 Å². The highest BCUT2D eigenvalue weighted by Crippen LogP contribution is 2.27. The van der Waals surface area contributed by atoms with Crippen molar-refractivity contribution < 1.29 is 9.53 Å². The normalized spacial score (nSPS) is 13.7. The molecule has 0 aliphatic carbocycles. The molecule has 102 valence electrons. The van der Waals surface area contributed by atoms with E-state index in [1.54, 1.807) is 7.11 Å². The van der Waals surface area contributed by atoms with E-state index >= 15 is 0 Å². The van der Waals surface area contributed by atoms with Crippen LogP contribution >= 0.6 is 0 Å². The lowest BCUT2D eigenvalue weighted by molar-refractivity contribution is -0.143. The van der Waals surface area contributed by atoms with Gasteiger partial charge in [0.15, 0.2) is 5.78 Å². The maximum absolute atomic E-state index is 12.4. The first kappa shape index (κ1) is 16.6. The number of ether oxygens (including phenoxy) is 1. The zero-order valence-electron chi connectivity index (χ0n) is 12.3. The van der Waals surface area contributed by atoms with E-state index in [9.17, 15) is 4.79 Å². The summed E-state index contributed by atoms with van der Waals surface area (Å²) >= 11 is 0. The van der Waals surface area contributed by atoms with Crippen LogP contribution in [0.3, 0.4) is 0 Å². The first-order chi connectivity index (χ1) is 8.10. The van der Waals surface area contributed by atoms with E-state index in [2.05, 4.69) is 13.8 Å². The molecule has 0 bridgehead atoms. The fourth-order valence-electron chi connectivity index (χ4n) is 2.44. The highest BCUT2D eigenvalue weighted by atomic mass is 16.5. The average molecular weight is 242 g/mol. The number of Topliss-reactive ketones (excluding diaryl/α,β-unsaturated/α-hetero) is 1. The zero-order chi connectivity index (χ0) is 13.3. The molecule has 1 atom stereocenters. The minimum Gasteiger partial charge on any atom is -0.370 e. The van der Waals surface area contributed by atoms with E-state index in [-0.39, 0.29) is 0 Å². The summed E-state index contributed by atoms with van der Waals surface area (Å²) in [5.41, 5.74) is -0.528. The molecule has 0 spiro atoms. The summed E-state index contributed by atoms with van der Waals surface area (Å²) < 4.78 is 5.50. The van der Waals surface area contributed by atoms with Gasteiger partial charge in [0.1, 0.15) is 5.60 Å². The van der Waals surface area contributed by atoms with Gasteiger partial charge in [0, 0.05) is 13.5 Å². The molecule has 0 aliphatic heterocycles. The molecular weight excluding hydrogens is 212 g/mol. The number of unbranched alkanes of at least 4 members (excludes halogenated alkanes) is 1. The summed E-state index contributed by atoms with van der Waals surface area (Å²) in [6, 6.07) is 0. The third-order valence-electron chi connectivity index (χ3n) is 4.06. The number of hydrogen-bond donors (Lipinski definition) is 0. The first-order valence-corrected chi connectivity index (χ1v) is 7.18. The van der Waals surface area contributed by atoms with Gasteiger partial charge >= 0.3 is 0 Å². The van der Waals surface area contributed by atoms with Crippen LogP contribution in [-0.4, -0.2) is 18.5 Å². The second-order valence-electron chi connectivity index (χ2n) is 4.95. The number of methoxy groups -OCH3 is 1. The molecule has 0 N–H and O–H groups in total. The van der Waals surface area contributed by atoms with Crippen LogP contribution < -0.4 is 0 Å². The Hall–Kier alpha value is -0.370. The van der Waals surface area contributed by atoms with Crippen LogP contribution in [0.4, 0.5) is 0 Å². The maximum atomic E-state index is 12.4. The summed E-state index contributed by atoms with van der Waals surface area (Å²) in [7, 11) is 1.66. The quantitative estimate of drug-likeness (QED) is 0.568. The number of carbonyl (C=O) groups is 1. The maximum Gasteiger partial charge on any atom is 0.164 e. The molecule has 0 heterocycles. The van der Waals surface area contributed by atoms with E-state index in [4.69, 9.17) is 4.74 Å². The summed E-state index contributed by atoms with van der Waals surface area (Å²) in [6.45, 7) is 8.46. The standard InChI is InChI=1S/C15H30O2/c1-6-10-11-13(7-2)12-14(16)15(8-3,9-4)17-5/h13H,6-12H2,1-5H3. The molecule has 0 aromatic heterocycles. The van der Waals surface area contributed by atoms with Crippen LogP contribution in [0, 0.1) is 5.92 Å². The van der Waals surface area contributed by atoms with Gasteiger partial charge in [-0.05, 0) is 18.8 Å². The molecule has 0 aromatic carbocycles. The molecule has 0 fully saturated rings. The molecule has 0 amide bonds. The largest absolute Gasteiger partial charge is 0.370 e. The van der Waals surface area contributed by atoms with Crippen LogP contribution in [0.15, 0.2) is 0 Å². The predicted octanol–water partition coefficient (Wildman–Crippen LogP) is 4.37. The molecule has 1 unspecified atom stereocenters. The lowest BCUT2D eigenvalue weighted by Crippen LogP contribution is -2.40. The Labute approximate surface area is 107 Å². The molecule has 0 rings (SSSR count). The van der Waals surface area contributed by atoms with E-state index in [0.29, 0.717) is 18.1 Å². The lowest BCUT2D eigenvalue weighted by atomic mass is 9.84. The van der Waals surface area contributed by atoms with E-state index in [1.165, 1.54) is 19.3 Å². The van der Waals surface area contributed by atoms with E-state index < -0.39 is 5.60 Å². The van der Waals surface area contributed by atoms with Crippen molar-refractivity contribution in [2.45, 2.75) is 78.2 Å². The second kappa shape index (κ2) is 8.68. The summed E-state index contributed by atoms with van der Waals surface area (Å²) in [4.78, 5) is 12.4. The van der Waals surface area contributed by atoms with Gasteiger partial charge in [-0.3, -0.25) is 4.79 Å². The number of ketones is 1. The molecule has 2 nitrogen and oxygen atoms in total. The Morgan fingerprint density at radius 1 is 1.18 bits per heavy atom. The highest BCUT2D eigenvalue weighted by molar-refractivity contribution is 5.87. The molecule has 0 saturated heterocycles. The molecule has 0 radical (unpaired) electrons. The SMILES string of the molecule is CCCCC(CC)CC(=O)C(CC)(CC)OC. The van der Waals surface area contributed by atoms with Crippen LogP contribution in [-0.2, 0) is 9.53 Å². The van der Waals surface area contributed by atoms with Crippen molar-refractivity contribution in [2.24, 2.45) is 5.92 Å². The van der Waals surface area contributed by atoms with Crippen molar-refractivity contribution in [3.63, 3.8) is 0 Å². The molecule has 0 aliphatic rings. The van der Waals surface area contributed by atoms with Crippen molar-refractivity contribution in [2.75, 3.05) is 7.11 Å². The fourth-order valence-corrected chi connectivity index (χ4v) is 2.44. The Morgan fingerprint density at radius 2 is 1.76 bits per heavy atom. The average Bonchev–Trinajstić information content (AvgIpc) is 2.37. The smallest absolute Gasteiger partial charge is 0.164 e. The Morgan fingerprint density at radius 3 is 2.12 bits per heavy atom. The van der Waals surface area contributed by atoms with Crippen LogP contribution in [0.2, 0.25) is 0 Å². The topological polar surface area (TPSA) is 26.3 Å². The zero-order valence-corrected chi connectivity index (χ0v) is 12.3. The number of carbonyl (C=O) groups excluding carboxylic acids is 1. The van der Waals surface area contributed by atoms with Gasteiger partial charge in [-0.2, -0.15) is 0 Å². The minimum absolute atomic E-state index is 0.299. The lowest BCUT2D eigenvalue weighted by Gasteiger charge is -2.30. The number of hydrogen-bond acceptors (Lipinski definition) is 2. The highest BCUT2D eigenvalue weighted by Gasteiger charge is 2.34. The summed E-state index contributed by atoms with van der Waals surface area (Å²) in [5.74, 6) is 0.836. The Kier molecular flexibility index (Phi) is 8.49. The van der Waals surface area contributed by atoms with Gasteiger partial charge in [0.05, 0.1) is 0 Å². The monoisotopic (exact) mass is 242 g/mol. The molecule has 17 heavy (non-hydrogen) atoms. The third kappa shape index (κ3) is 4.79. The van der Waals surface area contributed by atoms with Crippen molar-refractivity contribution in [1.29, 1.82) is 0 Å². The Balaban J connectivity index is 4.46. The Bertz CT molecular complexity index is 199. The van der Waals surface area contributed by atoms with Crippen LogP contribution in [0.25, 0.3) is 0 Å². The van der Waals surface area contributed by atoms with E-state index in [0.717, 1.165) is 19.3 Å². The van der Waals surface area contributed by atoms with Crippen molar-refractivity contribution in [3.8, 4) is 0 Å². The number of rotatable bonds is 10. The van der Waals surface area contributed by atoms with Gasteiger partial charge < -0.3 is 4.74 Å². The first-order valence-electron chi connectivity index (χ1n) is 7.18. The molecule has 2 heteroatoms. The fraction of sp³-hybridized carbons (Fsp3) is 0.933. The van der Waals surface area contributed by atoms with Crippen LogP contribution in [0.1, 0.15) is 72.6 Å². The van der Waals surface area contributed by atoms with E-state index in [1.807, 2.05) is 13.8 Å². The van der Waals surface area contributed by atoms with Gasteiger partial charge in [-0.25, -0.2) is 0 Å². The molecular formula is C15H30O2. The van der Waals surface area contributed by atoms with Crippen molar-refractivity contribution in [3.05, 3.63) is 0 Å². The van der Waals surface area contributed by atoms with Gasteiger partial charge in [0.25, 0.3) is 0 Å². The summed E-state index contributed by atoms with van der Waals surface area (Å²) in [5, 5.41) is 0. The van der Waals surface area contributed by atoms with Gasteiger partial charge in [-0.15, -0.1) is 0 Å². The summed E-state index contributed by atoms with van der Waals surface area (Å²) in [6.07, 6.45) is 6.95. The molecule has 0 aromatic rings. The van der Waals surface area contributed by atoms with Crippen LogP contribution in [0.5, 0.6) is 0 Å².